The van der Waals surface area contributed by atoms with Gasteiger partial charge in [-0.3, -0.25) is 4.79 Å². The fraction of sp³-hybridized carbons (Fsp3) is 0. The van der Waals surface area contributed by atoms with Gasteiger partial charge in [-0.15, -0.1) is 12.4 Å². The van der Waals surface area contributed by atoms with E-state index in [9.17, 15) is 4.79 Å². The number of primary amides is 1. The van der Waals surface area contributed by atoms with Crippen LogP contribution in [0.15, 0.2) is 28.9 Å². The molecule has 60 valence electrons. The quantitative estimate of drug-likeness (QED) is 0.684. The molecule has 1 amide bonds. The van der Waals surface area contributed by atoms with Crippen molar-refractivity contribution in [3.05, 3.63) is 30.2 Å². The minimum atomic E-state index is -0.476. The Morgan fingerprint density at radius 2 is 2.36 bits per heavy atom. The number of amides is 1. The van der Waals surface area contributed by atoms with Crippen molar-refractivity contribution < 1.29 is 9.21 Å². The van der Waals surface area contributed by atoms with Crippen LogP contribution in [-0.4, -0.2) is 5.91 Å². The minimum absolute atomic E-state index is 0. The van der Waals surface area contributed by atoms with Crippen molar-refractivity contribution in [2.24, 2.45) is 5.73 Å². The van der Waals surface area contributed by atoms with Gasteiger partial charge in [0, 0.05) is 6.08 Å². The van der Waals surface area contributed by atoms with Crippen LogP contribution in [-0.2, 0) is 4.79 Å². The lowest BCUT2D eigenvalue weighted by molar-refractivity contribution is -0.113. The Labute approximate surface area is 70.3 Å². The molecule has 0 radical (unpaired) electrons. The fourth-order valence-electron chi connectivity index (χ4n) is 0.550. The van der Waals surface area contributed by atoms with E-state index in [0.717, 1.165) is 0 Å². The number of furan rings is 1. The van der Waals surface area contributed by atoms with Gasteiger partial charge in [0.1, 0.15) is 5.76 Å². The van der Waals surface area contributed by atoms with E-state index >= 15 is 0 Å². The van der Waals surface area contributed by atoms with Crippen LogP contribution >= 0.6 is 12.4 Å². The van der Waals surface area contributed by atoms with Crippen molar-refractivity contribution in [1.29, 1.82) is 0 Å². The van der Waals surface area contributed by atoms with Crippen LogP contribution in [0.4, 0.5) is 0 Å². The molecule has 1 aromatic rings. The standard InChI is InChI=1S/C7H7NO2.ClH/c8-7(9)4-3-6-2-1-5-10-6;/h1-5H,(H2,8,9);1H. The van der Waals surface area contributed by atoms with Gasteiger partial charge in [0.25, 0.3) is 0 Å². The summed E-state index contributed by atoms with van der Waals surface area (Å²) >= 11 is 0. The molecule has 0 saturated heterocycles. The van der Waals surface area contributed by atoms with E-state index in [1.165, 1.54) is 18.4 Å². The number of carbonyl (C=O) groups is 1. The lowest BCUT2D eigenvalue weighted by Crippen LogP contribution is -2.04. The number of hydrogen-bond acceptors (Lipinski definition) is 2. The molecular formula is C7H8ClNO2. The third-order valence-corrected chi connectivity index (χ3v) is 0.955. The maximum atomic E-state index is 10.2. The normalized spacial score (nSPS) is 9.45. The van der Waals surface area contributed by atoms with Crippen LogP contribution in [0.3, 0.4) is 0 Å². The van der Waals surface area contributed by atoms with Crippen LogP contribution in [0, 0.1) is 0 Å². The number of hydrogen-bond donors (Lipinski definition) is 1. The smallest absolute Gasteiger partial charge is 0.241 e. The highest BCUT2D eigenvalue weighted by Crippen LogP contribution is 2.00. The highest BCUT2D eigenvalue weighted by atomic mass is 35.5. The molecule has 11 heavy (non-hydrogen) atoms. The summed E-state index contributed by atoms with van der Waals surface area (Å²) in [7, 11) is 0. The molecule has 0 spiro atoms. The van der Waals surface area contributed by atoms with Gasteiger partial charge < -0.3 is 10.2 Å². The Kier molecular flexibility index (Phi) is 4.07. The summed E-state index contributed by atoms with van der Waals surface area (Å²) in [6, 6.07) is 3.47. The van der Waals surface area contributed by atoms with Gasteiger partial charge >= 0.3 is 0 Å². The molecule has 0 unspecified atom stereocenters. The zero-order chi connectivity index (χ0) is 7.40. The van der Waals surface area contributed by atoms with Gasteiger partial charge in [-0.25, -0.2) is 0 Å². The molecule has 0 aromatic carbocycles. The molecule has 1 rings (SSSR count). The van der Waals surface area contributed by atoms with Crippen LogP contribution < -0.4 is 5.73 Å². The molecule has 0 fully saturated rings. The summed E-state index contributed by atoms with van der Waals surface area (Å²) < 4.78 is 4.89. The zero-order valence-electron chi connectivity index (χ0n) is 5.69. The molecular weight excluding hydrogens is 166 g/mol. The first-order valence-electron chi connectivity index (χ1n) is 2.80. The Morgan fingerprint density at radius 3 is 2.82 bits per heavy atom. The Bertz CT molecular complexity index is 241. The van der Waals surface area contributed by atoms with Crippen LogP contribution in [0.1, 0.15) is 5.76 Å². The number of nitrogens with two attached hydrogens (primary N) is 1. The molecule has 0 aliphatic rings. The average molecular weight is 174 g/mol. The summed E-state index contributed by atoms with van der Waals surface area (Å²) in [4.78, 5) is 10.2. The fourth-order valence-corrected chi connectivity index (χ4v) is 0.550. The van der Waals surface area contributed by atoms with Crippen LogP contribution in [0.2, 0.25) is 0 Å². The SMILES string of the molecule is Cl.NC(=O)C=Cc1ccco1. The van der Waals surface area contributed by atoms with E-state index in [0.29, 0.717) is 5.76 Å². The van der Waals surface area contributed by atoms with Gasteiger partial charge in [-0.2, -0.15) is 0 Å². The summed E-state index contributed by atoms with van der Waals surface area (Å²) in [5.41, 5.74) is 4.84. The summed E-state index contributed by atoms with van der Waals surface area (Å²) in [5, 5.41) is 0. The third-order valence-electron chi connectivity index (χ3n) is 0.955. The third kappa shape index (κ3) is 3.47. The largest absolute Gasteiger partial charge is 0.465 e. The van der Waals surface area contributed by atoms with Gasteiger partial charge in [0.05, 0.1) is 6.26 Å². The predicted molar refractivity (Wildman–Crippen MR) is 44.2 cm³/mol. The molecule has 0 aliphatic carbocycles. The van der Waals surface area contributed by atoms with Crippen LogP contribution in [0.5, 0.6) is 0 Å². The predicted octanol–water partition coefficient (Wildman–Crippen LogP) is 1.20. The summed E-state index contributed by atoms with van der Waals surface area (Å²) in [5.74, 6) is 0.148. The molecule has 2 N–H and O–H groups in total. The zero-order valence-corrected chi connectivity index (χ0v) is 6.51. The van der Waals surface area contributed by atoms with Crippen LogP contribution in [0.25, 0.3) is 6.08 Å². The van der Waals surface area contributed by atoms with Gasteiger partial charge in [-0.05, 0) is 18.2 Å². The second-order valence-electron chi connectivity index (χ2n) is 1.75. The van der Waals surface area contributed by atoms with Crippen molar-refractivity contribution in [2.45, 2.75) is 0 Å². The van der Waals surface area contributed by atoms with Gasteiger partial charge in [-0.1, -0.05) is 0 Å². The second-order valence-corrected chi connectivity index (χ2v) is 1.75. The molecule has 0 atom stereocenters. The Balaban J connectivity index is 0.000001000. The highest BCUT2D eigenvalue weighted by Gasteiger charge is 1.87. The molecule has 3 nitrogen and oxygen atoms in total. The molecule has 4 heteroatoms. The van der Waals surface area contributed by atoms with Crippen molar-refractivity contribution in [3.63, 3.8) is 0 Å². The van der Waals surface area contributed by atoms with E-state index in [1.54, 1.807) is 12.1 Å². The highest BCUT2D eigenvalue weighted by molar-refractivity contribution is 5.89. The number of carbonyl (C=O) groups excluding carboxylic acids is 1. The van der Waals surface area contributed by atoms with Gasteiger partial charge in [0.15, 0.2) is 0 Å². The topological polar surface area (TPSA) is 56.2 Å². The number of rotatable bonds is 2. The van der Waals surface area contributed by atoms with E-state index in [2.05, 4.69) is 0 Å². The Hall–Kier alpha value is -1.22. The minimum Gasteiger partial charge on any atom is -0.465 e. The van der Waals surface area contributed by atoms with Gasteiger partial charge in [0.2, 0.25) is 5.91 Å². The van der Waals surface area contributed by atoms with Crippen molar-refractivity contribution >= 4 is 24.4 Å². The lowest BCUT2D eigenvalue weighted by atomic mass is 10.4. The van der Waals surface area contributed by atoms with E-state index in [-0.39, 0.29) is 12.4 Å². The van der Waals surface area contributed by atoms with E-state index < -0.39 is 5.91 Å². The molecule has 0 bridgehead atoms. The van der Waals surface area contributed by atoms with E-state index in [4.69, 9.17) is 10.2 Å². The maximum Gasteiger partial charge on any atom is 0.241 e. The maximum absolute atomic E-state index is 10.2. The van der Waals surface area contributed by atoms with Crippen molar-refractivity contribution in [1.82, 2.24) is 0 Å². The van der Waals surface area contributed by atoms with Crippen molar-refractivity contribution in [2.75, 3.05) is 0 Å². The number of halogens is 1. The second kappa shape index (κ2) is 4.57. The monoisotopic (exact) mass is 173 g/mol. The van der Waals surface area contributed by atoms with E-state index in [1.807, 2.05) is 0 Å². The molecule has 1 aromatic heterocycles. The molecule has 0 saturated carbocycles. The first-order chi connectivity index (χ1) is 4.79. The summed E-state index contributed by atoms with van der Waals surface area (Å²) in [6.45, 7) is 0. The average Bonchev–Trinajstić information content (AvgIpc) is 2.34. The Morgan fingerprint density at radius 1 is 1.64 bits per heavy atom. The molecule has 0 aliphatic heterocycles. The first-order valence-corrected chi connectivity index (χ1v) is 2.80. The first kappa shape index (κ1) is 9.78. The molecule has 1 heterocycles. The summed E-state index contributed by atoms with van der Waals surface area (Å²) in [6.07, 6.45) is 4.29. The lowest BCUT2D eigenvalue weighted by Gasteiger charge is -1.79. The van der Waals surface area contributed by atoms with Crippen molar-refractivity contribution in [3.8, 4) is 0 Å².